The van der Waals surface area contributed by atoms with Gasteiger partial charge in [-0.3, -0.25) is 4.79 Å². The maximum Gasteiger partial charge on any atom is 0.310 e. The van der Waals surface area contributed by atoms with Crippen LogP contribution in [-0.4, -0.2) is 46.3 Å². The molecule has 1 unspecified atom stereocenters. The monoisotopic (exact) mass is 257 g/mol. The number of hydrogen-bond donors (Lipinski definition) is 2. The van der Waals surface area contributed by atoms with E-state index in [-0.39, 0.29) is 0 Å². The first-order chi connectivity index (χ1) is 8.29. The normalized spacial score (nSPS) is 26.2. The molecule has 2 N–H and O–H groups in total. The summed E-state index contributed by atoms with van der Waals surface area (Å²) >= 11 is 0. The third kappa shape index (κ3) is 4.25. The zero-order valence-corrected chi connectivity index (χ0v) is 11.9. The fraction of sp³-hybridized carbons (Fsp3) is 0.929. The van der Waals surface area contributed by atoms with Gasteiger partial charge >= 0.3 is 5.97 Å². The van der Waals surface area contributed by atoms with Crippen LogP contribution in [-0.2, 0) is 4.79 Å². The van der Waals surface area contributed by atoms with E-state index in [0.717, 1.165) is 38.8 Å². The van der Waals surface area contributed by atoms with Crippen LogP contribution in [0.2, 0.25) is 0 Å². The molecule has 0 saturated carbocycles. The summed E-state index contributed by atoms with van der Waals surface area (Å²) < 4.78 is 0. The predicted molar refractivity (Wildman–Crippen MR) is 71.6 cm³/mol. The van der Waals surface area contributed by atoms with E-state index >= 15 is 0 Å². The fourth-order valence-corrected chi connectivity index (χ4v) is 2.81. The third-order valence-electron chi connectivity index (χ3n) is 3.88. The van der Waals surface area contributed by atoms with Gasteiger partial charge < -0.3 is 15.1 Å². The van der Waals surface area contributed by atoms with Crippen molar-refractivity contribution in [1.82, 2.24) is 4.90 Å². The van der Waals surface area contributed by atoms with Crippen LogP contribution in [0.25, 0.3) is 0 Å². The van der Waals surface area contributed by atoms with Crippen LogP contribution in [0, 0.1) is 5.41 Å². The number of aliphatic carboxylic acids is 1. The van der Waals surface area contributed by atoms with E-state index < -0.39 is 17.0 Å². The molecule has 1 atom stereocenters. The van der Waals surface area contributed by atoms with Crippen molar-refractivity contribution in [1.29, 1.82) is 0 Å². The van der Waals surface area contributed by atoms with E-state index in [0.29, 0.717) is 13.0 Å². The number of nitrogens with zero attached hydrogens (tertiary/aromatic N) is 1. The smallest absolute Gasteiger partial charge is 0.310 e. The Morgan fingerprint density at radius 2 is 2.11 bits per heavy atom. The van der Waals surface area contributed by atoms with Gasteiger partial charge in [-0.2, -0.15) is 0 Å². The minimum absolute atomic E-state index is 0.563. The van der Waals surface area contributed by atoms with Crippen LogP contribution >= 0.6 is 0 Å². The molecule has 1 fully saturated rings. The van der Waals surface area contributed by atoms with Gasteiger partial charge in [0.05, 0.1) is 11.0 Å². The molecule has 4 heteroatoms. The van der Waals surface area contributed by atoms with Crippen LogP contribution in [0.15, 0.2) is 0 Å². The summed E-state index contributed by atoms with van der Waals surface area (Å²) in [5.74, 6) is -0.655. The summed E-state index contributed by atoms with van der Waals surface area (Å²) in [5.41, 5.74) is -1.24. The lowest BCUT2D eigenvalue weighted by atomic mass is 9.76. The van der Waals surface area contributed by atoms with Gasteiger partial charge in [-0.15, -0.1) is 0 Å². The molecule has 0 radical (unpaired) electrons. The van der Waals surface area contributed by atoms with E-state index in [1.807, 2.05) is 6.92 Å². The van der Waals surface area contributed by atoms with Gasteiger partial charge in [-0.25, -0.2) is 0 Å². The maximum absolute atomic E-state index is 11.5. The molecule has 0 bridgehead atoms. The second kappa shape index (κ2) is 6.02. The average molecular weight is 257 g/mol. The Hall–Kier alpha value is -0.610. The molecule has 0 spiro atoms. The highest BCUT2D eigenvalue weighted by Crippen LogP contribution is 2.35. The Balaban J connectivity index is 2.61. The molecule has 0 aliphatic carbocycles. The standard InChI is InChI=1S/C14H27NO3/c1-4-6-14(12(16)17)7-5-9-15(11-14)10-8-13(2,3)18/h18H,4-11H2,1-3H3,(H,16,17). The number of rotatable bonds is 6. The Labute approximate surface area is 110 Å². The number of aliphatic hydroxyl groups is 1. The van der Waals surface area contributed by atoms with Crippen molar-refractivity contribution in [3.05, 3.63) is 0 Å². The summed E-state index contributed by atoms with van der Waals surface area (Å²) in [5, 5.41) is 19.2. The van der Waals surface area contributed by atoms with Crippen LogP contribution in [0.1, 0.15) is 52.9 Å². The van der Waals surface area contributed by atoms with Crippen molar-refractivity contribution in [2.24, 2.45) is 5.41 Å². The number of piperidine rings is 1. The summed E-state index contributed by atoms with van der Waals surface area (Å²) in [6.45, 7) is 8.00. The van der Waals surface area contributed by atoms with Gasteiger partial charge in [-0.1, -0.05) is 13.3 Å². The molecule has 1 rings (SSSR count). The number of carboxylic acids is 1. The number of likely N-dealkylation sites (tertiary alicyclic amines) is 1. The molecule has 0 aromatic carbocycles. The van der Waals surface area contributed by atoms with E-state index in [9.17, 15) is 15.0 Å². The van der Waals surface area contributed by atoms with Crippen LogP contribution < -0.4 is 0 Å². The molecule has 106 valence electrons. The average Bonchev–Trinajstić information content (AvgIpc) is 2.26. The first-order valence-corrected chi connectivity index (χ1v) is 6.97. The van der Waals surface area contributed by atoms with Crippen LogP contribution in [0.3, 0.4) is 0 Å². The van der Waals surface area contributed by atoms with Crippen LogP contribution in [0.4, 0.5) is 0 Å². The third-order valence-corrected chi connectivity index (χ3v) is 3.88. The molecule has 0 aromatic heterocycles. The highest BCUT2D eigenvalue weighted by Gasteiger charge is 2.41. The molecule has 18 heavy (non-hydrogen) atoms. The van der Waals surface area contributed by atoms with Crippen LogP contribution in [0.5, 0.6) is 0 Å². The fourth-order valence-electron chi connectivity index (χ4n) is 2.81. The van der Waals surface area contributed by atoms with Crippen molar-refractivity contribution in [2.45, 2.75) is 58.5 Å². The summed E-state index contributed by atoms with van der Waals surface area (Å²) in [6, 6.07) is 0. The Bertz CT molecular complexity index is 281. The molecule has 0 aromatic rings. The molecule has 4 nitrogen and oxygen atoms in total. The quantitative estimate of drug-likeness (QED) is 0.765. The molecule has 0 amide bonds. The van der Waals surface area contributed by atoms with Gasteiger partial charge in [0.1, 0.15) is 0 Å². The minimum atomic E-state index is -0.673. The van der Waals surface area contributed by atoms with Crippen molar-refractivity contribution < 1.29 is 15.0 Å². The Kier molecular flexibility index (Phi) is 5.17. The lowest BCUT2D eigenvalue weighted by molar-refractivity contribution is -0.153. The molecule has 1 aliphatic rings. The molecule has 1 saturated heterocycles. The SMILES string of the molecule is CCCC1(C(=O)O)CCCN(CCC(C)(C)O)C1. The van der Waals surface area contributed by atoms with Gasteiger partial charge in [0.2, 0.25) is 0 Å². The minimum Gasteiger partial charge on any atom is -0.481 e. The topological polar surface area (TPSA) is 60.8 Å². The molecular formula is C14H27NO3. The zero-order chi connectivity index (χ0) is 13.8. The number of hydrogen-bond acceptors (Lipinski definition) is 3. The van der Waals surface area contributed by atoms with E-state index in [2.05, 4.69) is 4.90 Å². The number of carboxylic acid groups (broad SMARTS) is 1. The summed E-state index contributed by atoms with van der Waals surface area (Å²) in [4.78, 5) is 13.7. The van der Waals surface area contributed by atoms with Gasteiger partial charge in [0.25, 0.3) is 0 Å². The lowest BCUT2D eigenvalue weighted by Gasteiger charge is -2.40. The summed E-state index contributed by atoms with van der Waals surface area (Å²) in [6.07, 6.45) is 4.08. The summed E-state index contributed by atoms with van der Waals surface area (Å²) in [7, 11) is 0. The maximum atomic E-state index is 11.5. The first-order valence-electron chi connectivity index (χ1n) is 6.97. The van der Waals surface area contributed by atoms with E-state index in [1.54, 1.807) is 13.8 Å². The van der Waals surface area contributed by atoms with Crippen molar-refractivity contribution in [3.8, 4) is 0 Å². The molecular weight excluding hydrogens is 230 g/mol. The highest BCUT2D eigenvalue weighted by atomic mass is 16.4. The molecule has 1 aliphatic heterocycles. The predicted octanol–water partition coefficient (Wildman–Crippen LogP) is 2.11. The van der Waals surface area contributed by atoms with Crippen molar-refractivity contribution >= 4 is 5.97 Å². The van der Waals surface area contributed by atoms with Gasteiger partial charge in [0, 0.05) is 13.1 Å². The second-order valence-electron chi connectivity index (χ2n) is 6.28. The van der Waals surface area contributed by atoms with E-state index in [4.69, 9.17) is 0 Å². The highest BCUT2D eigenvalue weighted by molar-refractivity contribution is 5.75. The van der Waals surface area contributed by atoms with Gasteiger partial charge in [-0.05, 0) is 46.1 Å². The lowest BCUT2D eigenvalue weighted by Crippen LogP contribution is -2.48. The first kappa shape index (κ1) is 15.4. The molecule has 1 heterocycles. The van der Waals surface area contributed by atoms with Crippen molar-refractivity contribution in [3.63, 3.8) is 0 Å². The Morgan fingerprint density at radius 1 is 1.44 bits per heavy atom. The second-order valence-corrected chi connectivity index (χ2v) is 6.28. The van der Waals surface area contributed by atoms with Crippen molar-refractivity contribution in [2.75, 3.05) is 19.6 Å². The van der Waals surface area contributed by atoms with Gasteiger partial charge in [0.15, 0.2) is 0 Å². The number of carbonyl (C=O) groups is 1. The van der Waals surface area contributed by atoms with E-state index in [1.165, 1.54) is 0 Å². The largest absolute Gasteiger partial charge is 0.481 e. The Morgan fingerprint density at radius 3 is 2.61 bits per heavy atom. The zero-order valence-electron chi connectivity index (χ0n) is 11.9.